The number of amides is 2. The van der Waals surface area contributed by atoms with Gasteiger partial charge < -0.3 is 25.1 Å². The van der Waals surface area contributed by atoms with Gasteiger partial charge >= 0.3 is 18.1 Å². The predicted octanol–water partition coefficient (Wildman–Crippen LogP) is 0.125. The van der Waals surface area contributed by atoms with Gasteiger partial charge in [-0.25, -0.2) is 14.6 Å². The molecule has 1 saturated heterocycles. The Kier molecular flexibility index (Phi) is 7.55. The van der Waals surface area contributed by atoms with E-state index in [2.05, 4.69) is 25.0 Å². The monoisotopic (exact) mass is 590 g/mol. The molecule has 0 spiro atoms. The minimum atomic E-state index is -5.49. The summed E-state index contributed by atoms with van der Waals surface area (Å²) in [4.78, 5) is 71.5. The number of oxime groups is 1. The number of nitrogens with two attached hydrogens (primary N) is 1. The van der Waals surface area contributed by atoms with Crippen molar-refractivity contribution in [2.45, 2.75) is 31.1 Å². The average molecular weight is 591 g/mol. The number of thioether (sulfide) groups is 1. The molecule has 1 fully saturated rings. The smallest absolute Gasteiger partial charge is 0.398 e. The zero-order valence-electron chi connectivity index (χ0n) is 19.8. The Bertz CT molecular complexity index is 1480. The van der Waals surface area contributed by atoms with E-state index < -0.39 is 59.1 Å². The van der Waals surface area contributed by atoms with Crippen molar-refractivity contribution in [1.29, 1.82) is 0 Å². The molecule has 39 heavy (non-hydrogen) atoms. The third kappa shape index (κ3) is 5.53. The van der Waals surface area contributed by atoms with Crippen molar-refractivity contribution in [2.75, 3.05) is 18.6 Å². The summed E-state index contributed by atoms with van der Waals surface area (Å²) < 4.78 is 48.3. The number of thiazole rings is 1. The second-order valence-corrected chi connectivity index (χ2v) is 9.90. The number of β-lactam (4-membered cyclic amide) rings is 1. The molecule has 0 saturated carbocycles. The van der Waals surface area contributed by atoms with E-state index in [0.717, 1.165) is 38.8 Å². The lowest BCUT2D eigenvalue weighted by atomic mass is 10.0. The maximum atomic E-state index is 13.1. The number of nitrogen functional groups attached to an aromatic ring is 1. The molecule has 2 aromatic rings. The third-order valence-electron chi connectivity index (χ3n) is 5.27. The first-order valence-electron chi connectivity index (χ1n) is 10.6. The molecule has 3 N–H and O–H groups in total. The number of halogens is 3. The van der Waals surface area contributed by atoms with Gasteiger partial charge in [-0.3, -0.25) is 19.3 Å². The molecule has 19 heteroatoms. The summed E-state index contributed by atoms with van der Waals surface area (Å²) in [5.41, 5.74) is 4.03. The van der Waals surface area contributed by atoms with Crippen molar-refractivity contribution in [3.05, 3.63) is 44.5 Å². The predicted molar refractivity (Wildman–Crippen MR) is 127 cm³/mol. The summed E-state index contributed by atoms with van der Waals surface area (Å²) in [5, 5.41) is 6.62. The molecule has 0 bridgehead atoms. The van der Waals surface area contributed by atoms with Crippen molar-refractivity contribution in [1.82, 2.24) is 19.9 Å². The van der Waals surface area contributed by atoms with Crippen LogP contribution in [0.25, 0.3) is 0 Å². The van der Waals surface area contributed by atoms with Gasteiger partial charge in [0.1, 0.15) is 35.7 Å². The molecule has 0 aliphatic carbocycles. The lowest BCUT2D eigenvalue weighted by molar-refractivity contribution is -0.201. The van der Waals surface area contributed by atoms with E-state index in [-0.39, 0.29) is 33.6 Å². The Balaban J connectivity index is 1.62. The van der Waals surface area contributed by atoms with Crippen molar-refractivity contribution in [3.8, 4) is 0 Å². The van der Waals surface area contributed by atoms with Crippen LogP contribution in [0, 0.1) is 6.92 Å². The van der Waals surface area contributed by atoms with Gasteiger partial charge in [0.2, 0.25) is 0 Å². The maximum absolute atomic E-state index is 13.1. The quantitative estimate of drug-likeness (QED) is 0.147. The zero-order valence-corrected chi connectivity index (χ0v) is 21.4. The van der Waals surface area contributed by atoms with Gasteiger partial charge in [-0.1, -0.05) is 5.16 Å². The molecule has 0 aromatic carbocycles. The minimum Gasteiger partial charge on any atom is -0.398 e. The first-order chi connectivity index (χ1) is 18.3. The van der Waals surface area contributed by atoms with E-state index in [4.69, 9.17) is 10.3 Å². The molecule has 4 heterocycles. The van der Waals surface area contributed by atoms with Crippen LogP contribution in [0.15, 0.2) is 37.2 Å². The number of rotatable bonds is 7. The van der Waals surface area contributed by atoms with Crippen LogP contribution in [0.1, 0.15) is 11.5 Å². The van der Waals surface area contributed by atoms with Crippen LogP contribution in [-0.4, -0.2) is 74.5 Å². The number of esters is 2. The van der Waals surface area contributed by atoms with Gasteiger partial charge in [0.15, 0.2) is 10.8 Å². The number of aromatic nitrogens is 2. The molecule has 2 aliphatic heterocycles. The summed E-state index contributed by atoms with van der Waals surface area (Å²) in [7, 11) is 1.18. The van der Waals surface area contributed by atoms with Gasteiger partial charge in [-0.05, 0) is 12.5 Å². The highest BCUT2D eigenvalue weighted by molar-refractivity contribution is 8.00. The van der Waals surface area contributed by atoms with E-state index in [1.54, 1.807) is 0 Å². The van der Waals surface area contributed by atoms with Crippen LogP contribution < -0.4 is 16.6 Å². The van der Waals surface area contributed by atoms with Crippen LogP contribution in [0.3, 0.4) is 0 Å². The molecule has 2 aliphatic rings. The lowest BCUT2D eigenvalue weighted by Gasteiger charge is -2.49. The number of hydrogen-bond donors (Lipinski definition) is 2. The number of carbonyl (C=O) groups is 4. The van der Waals surface area contributed by atoms with Gasteiger partial charge in [0.05, 0.1) is 6.54 Å². The first kappa shape index (κ1) is 27.9. The zero-order chi connectivity index (χ0) is 28.6. The van der Waals surface area contributed by atoms with E-state index in [1.165, 1.54) is 19.4 Å². The molecule has 2 atom stereocenters. The Morgan fingerprint density at radius 1 is 1.33 bits per heavy atom. The minimum absolute atomic E-state index is 0.0228. The van der Waals surface area contributed by atoms with Crippen molar-refractivity contribution in [3.63, 3.8) is 0 Å². The molecule has 2 unspecified atom stereocenters. The largest absolute Gasteiger partial charge is 0.491 e. The van der Waals surface area contributed by atoms with Crippen molar-refractivity contribution >= 4 is 57.7 Å². The summed E-state index contributed by atoms with van der Waals surface area (Å²) in [6, 6.07) is -0.114. The van der Waals surface area contributed by atoms with Crippen molar-refractivity contribution in [2.24, 2.45) is 5.16 Å². The Hall–Kier alpha value is -4.13. The average Bonchev–Trinajstić information content (AvgIpc) is 3.43. The number of ether oxygens (including phenoxy) is 1. The topological polar surface area (TPSA) is 188 Å². The van der Waals surface area contributed by atoms with Gasteiger partial charge in [0.25, 0.3) is 17.4 Å². The summed E-state index contributed by atoms with van der Waals surface area (Å²) in [6.07, 6.45) is -5.49. The van der Waals surface area contributed by atoms with Crippen molar-refractivity contribution < 1.29 is 46.4 Å². The third-order valence-corrected chi connectivity index (χ3v) is 7.28. The maximum Gasteiger partial charge on any atom is 0.491 e. The molecule has 14 nitrogen and oxygen atoms in total. The Labute approximate surface area is 223 Å². The molecule has 0 radical (unpaired) electrons. The summed E-state index contributed by atoms with van der Waals surface area (Å²) >= 11 is 2.05. The van der Waals surface area contributed by atoms with E-state index in [1.807, 2.05) is 0 Å². The SMILES string of the molecule is CO/N=C(\C(=O)NC1C(=O)N2C(C(=O)OC(=O)C(F)(F)F)=C(Cn3oc(C)cc3=O)CSC12)c1csc(N)n1. The number of fused-ring (bicyclic) bond motifs is 1. The normalized spacial score (nSPS) is 19.4. The Morgan fingerprint density at radius 3 is 2.62 bits per heavy atom. The fraction of sp³-hybridized carbons (Fsp3) is 0.350. The highest BCUT2D eigenvalue weighted by Crippen LogP contribution is 2.41. The fourth-order valence-corrected chi connectivity index (χ4v) is 5.54. The lowest BCUT2D eigenvalue weighted by Crippen LogP contribution is -2.71. The first-order valence-corrected chi connectivity index (χ1v) is 12.6. The summed E-state index contributed by atoms with van der Waals surface area (Å²) in [5.74, 6) is -6.21. The van der Waals surface area contributed by atoms with Crippen LogP contribution in [0.4, 0.5) is 18.3 Å². The number of nitrogens with one attached hydrogen (secondary N) is 1. The number of anilines is 1. The van der Waals surface area contributed by atoms with E-state index >= 15 is 0 Å². The molecule has 2 aromatic heterocycles. The fourth-order valence-electron chi connectivity index (χ4n) is 3.66. The van der Waals surface area contributed by atoms with E-state index in [9.17, 15) is 37.1 Å². The van der Waals surface area contributed by atoms with Crippen LogP contribution in [0.2, 0.25) is 0 Å². The highest BCUT2D eigenvalue weighted by Gasteiger charge is 2.55. The van der Waals surface area contributed by atoms with Gasteiger partial charge in [0, 0.05) is 17.2 Å². The molecular formula is C20H17F3N6O8S2. The van der Waals surface area contributed by atoms with Gasteiger partial charge in [-0.2, -0.15) is 17.9 Å². The number of alkyl halides is 3. The second kappa shape index (κ2) is 10.6. The standard InChI is InChI=1S/C20H17F3N6O8S2/c1-7-3-10(30)28(37-7)4-8-5-38-16-12(26-14(31)11(27-35-2)9-6-39-19(24)25-9)15(32)29(16)13(8)17(33)36-18(34)20(21,22)23/h3,6,12,16H,4-5H2,1-2H3,(H2,24,25)(H,26,31)/b27-11-. The molecule has 4 rings (SSSR count). The number of nitrogens with zero attached hydrogens (tertiary/aromatic N) is 4. The number of carbonyl (C=O) groups excluding carboxylic acids is 4. The summed E-state index contributed by atoms with van der Waals surface area (Å²) in [6.45, 7) is 1.05. The second-order valence-electron chi connectivity index (χ2n) is 7.90. The van der Waals surface area contributed by atoms with Gasteiger partial charge in [-0.15, -0.1) is 23.1 Å². The van der Waals surface area contributed by atoms with E-state index in [0.29, 0.717) is 0 Å². The molecule has 208 valence electrons. The van der Waals surface area contributed by atoms with Crippen LogP contribution >= 0.6 is 23.1 Å². The highest BCUT2D eigenvalue weighted by atomic mass is 32.2. The van der Waals surface area contributed by atoms with Crippen LogP contribution in [-0.2, 0) is 35.3 Å². The van der Waals surface area contributed by atoms with Crippen LogP contribution in [0.5, 0.6) is 0 Å². The molecular weight excluding hydrogens is 573 g/mol. The Morgan fingerprint density at radius 2 is 2.05 bits per heavy atom. The number of aryl methyl sites for hydroxylation is 1. The molecule has 2 amide bonds. The number of hydrogen-bond acceptors (Lipinski definition) is 13.